The molecule has 0 amide bonds. The summed E-state index contributed by atoms with van der Waals surface area (Å²) in [5.74, 6) is -5.23. The van der Waals surface area contributed by atoms with Gasteiger partial charge in [-0.2, -0.15) is 13.2 Å². The van der Waals surface area contributed by atoms with Crippen LogP contribution in [0.2, 0.25) is 0 Å². The lowest BCUT2D eigenvalue weighted by atomic mass is 9.69. The van der Waals surface area contributed by atoms with Gasteiger partial charge in [-0.15, -0.1) is 0 Å². The highest BCUT2D eigenvalue weighted by Crippen LogP contribution is 2.50. The molecule has 8 heteroatoms. The van der Waals surface area contributed by atoms with Crippen LogP contribution in [0.25, 0.3) is 0 Å². The minimum absolute atomic E-state index is 1.02. The van der Waals surface area contributed by atoms with Crippen molar-refractivity contribution in [1.29, 1.82) is 0 Å². The largest absolute Gasteiger partial charge is 0.481 e. The van der Waals surface area contributed by atoms with Crippen molar-refractivity contribution in [2.45, 2.75) is 44.0 Å². The van der Waals surface area contributed by atoms with Gasteiger partial charge in [0.15, 0.2) is 0 Å². The number of carboxylic acids is 1. The minimum Gasteiger partial charge on any atom is -0.481 e. The van der Waals surface area contributed by atoms with Crippen LogP contribution in [0, 0.1) is 5.41 Å². The van der Waals surface area contributed by atoms with Gasteiger partial charge in [0.05, 0.1) is 0 Å². The maximum atomic E-state index is 13.2. The van der Waals surface area contributed by atoms with Crippen LogP contribution in [0.1, 0.15) is 25.7 Å². The Morgan fingerprint density at radius 1 is 1.12 bits per heavy atom. The first-order valence-electron chi connectivity index (χ1n) is 4.83. The Morgan fingerprint density at radius 3 is 1.82 bits per heavy atom. The van der Waals surface area contributed by atoms with E-state index in [1.54, 1.807) is 0 Å². The van der Waals surface area contributed by atoms with Crippen molar-refractivity contribution < 1.29 is 36.2 Å². The zero-order valence-electron chi connectivity index (χ0n) is 8.53. The summed E-state index contributed by atoms with van der Waals surface area (Å²) in [6.45, 7) is 0. The predicted octanol–water partition coefficient (Wildman–Crippen LogP) is 3.17. The molecule has 0 spiro atoms. The van der Waals surface area contributed by atoms with Crippen LogP contribution < -0.4 is 0 Å². The highest BCUT2D eigenvalue weighted by molar-refractivity contribution is 5.75. The molecule has 1 unspecified atom stereocenters. The van der Waals surface area contributed by atoms with Crippen LogP contribution in [-0.2, 0) is 4.79 Å². The molecule has 1 aliphatic rings. The number of hydrogen-bond donors (Lipinski definition) is 1. The van der Waals surface area contributed by atoms with E-state index in [0.717, 1.165) is 0 Å². The van der Waals surface area contributed by atoms with E-state index < -0.39 is 55.3 Å². The summed E-state index contributed by atoms with van der Waals surface area (Å²) in [4.78, 5) is 10.8. The Hall–Kier alpha value is -0.950. The molecule has 1 saturated carbocycles. The third-order valence-corrected chi connectivity index (χ3v) is 3.07. The molecule has 1 fully saturated rings. The summed E-state index contributed by atoms with van der Waals surface area (Å²) < 4.78 is 75.4. The quantitative estimate of drug-likeness (QED) is 0.778. The number of rotatable bonds is 2. The van der Waals surface area contributed by atoms with Crippen LogP contribution in [-0.4, -0.2) is 29.3 Å². The fraction of sp³-hybridized carbons (Fsp3) is 0.889. The molecule has 0 aliphatic heterocycles. The average Bonchev–Trinajstić information content (AvgIpc) is 2.15. The second kappa shape index (κ2) is 4.06. The Balaban J connectivity index is 2.98. The first-order chi connectivity index (χ1) is 7.51. The van der Waals surface area contributed by atoms with Gasteiger partial charge >= 0.3 is 12.1 Å². The maximum Gasteiger partial charge on any atom is 0.420 e. The molecule has 1 N–H and O–H groups in total. The lowest BCUT2D eigenvalue weighted by Gasteiger charge is -2.39. The fourth-order valence-electron chi connectivity index (χ4n) is 1.95. The van der Waals surface area contributed by atoms with Gasteiger partial charge in [0.25, 0.3) is 0 Å². The molecule has 0 aromatic carbocycles. The third-order valence-electron chi connectivity index (χ3n) is 3.07. The van der Waals surface area contributed by atoms with E-state index in [1.807, 2.05) is 0 Å². The van der Waals surface area contributed by atoms with Crippen molar-refractivity contribution in [3.8, 4) is 0 Å². The van der Waals surface area contributed by atoms with Crippen LogP contribution in [0.5, 0.6) is 0 Å². The normalized spacial score (nSPS) is 25.3. The van der Waals surface area contributed by atoms with Crippen molar-refractivity contribution in [3.63, 3.8) is 0 Å². The van der Waals surface area contributed by atoms with Crippen LogP contribution >= 0.6 is 0 Å². The van der Waals surface area contributed by atoms with Gasteiger partial charge in [-0.1, -0.05) is 0 Å². The Labute approximate surface area is 92.6 Å². The topological polar surface area (TPSA) is 37.3 Å². The molecular weight excluding hydrogens is 254 g/mol. The number of halogens is 6. The van der Waals surface area contributed by atoms with Crippen LogP contribution in [0.4, 0.5) is 26.3 Å². The minimum atomic E-state index is -5.36. The van der Waals surface area contributed by atoms with Crippen molar-refractivity contribution in [1.82, 2.24) is 0 Å². The second-order valence-electron chi connectivity index (χ2n) is 4.22. The van der Waals surface area contributed by atoms with Gasteiger partial charge in [0, 0.05) is 12.8 Å². The van der Waals surface area contributed by atoms with E-state index in [9.17, 15) is 31.1 Å². The summed E-state index contributed by atoms with van der Waals surface area (Å²) in [6.07, 6.45) is -13.1. The third kappa shape index (κ3) is 2.66. The number of aliphatic carboxylic acids is 1. The second-order valence-corrected chi connectivity index (χ2v) is 4.22. The number of carboxylic acid groups (broad SMARTS) is 1. The van der Waals surface area contributed by atoms with Gasteiger partial charge in [0.1, 0.15) is 5.41 Å². The van der Waals surface area contributed by atoms with Crippen molar-refractivity contribution >= 4 is 5.97 Å². The van der Waals surface area contributed by atoms with E-state index in [-0.39, 0.29) is 0 Å². The lowest BCUT2D eigenvalue weighted by molar-refractivity contribution is -0.231. The summed E-state index contributed by atoms with van der Waals surface area (Å²) in [5, 5.41) is 8.71. The fourth-order valence-corrected chi connectivity index (χ4v) is 1.95. The number of alkyl halides is 6. The number of hydrogen-bond acceptors (Lipinski definition) is 1. The molecule has 2 nitrogen and oxygen atoms in total. The molecule has 1 rings (SSSR count). The maximum absolute atomic E-state index is 13.2. The van der Waals surface area contributed by atoms with E-state index >= 15 is 0 Å². The monoisotopic (exact) mass is 264 g/mol. The highest BCUT2D eigenvalue weighted by Gasteiger charge is 2.61. The molecule has 0 bridgehead atoms. The summed E-state index contributed by atoms with van der Waals surface area (Å²) in [7, 11) is 0. The molecule has 0 aromatic heterocycles. The first kappa shape index (κ1) is 14.1. The summed E-state index contributed by atoms with van der Waals surface area (Å²) in [5.41, 5.74) is -2.78. The molecule has 0 aromatic rings. The van der Waals surface area contributed by atoms with E-state index in [4.69, 9.17) is 5.11 Å². The Kier molecular flexibility index (Phi) is 3.37. The SMILES string of the molecule is O=C(O)C1(C(F)C(F)(F)F)CCC(F)(F)CC1. The average molecular weight is 264 g/mol. The molecule has 1 atom stereocenters. The van der Waals surface area contributed by atoms with E-state index in [1.165, 1.54) is 0 Å². The van der Waals surface area contributed by atoms with Gasteiger partial charge < -0.3 is 5.11 Å². The van der Waals surface area contributed by atoms with E-state index in [2.05, 4.69) is 0 Å². The van der Waals surface area contributed by atoms with Gasteiger partial charge in [-0.3, -0.25) is 4.79 Å². The zero-order chi connectivity index (χ0) is 13.5. The molecule has 1 aliphatic carbocycles. The molecule has 17 heavy (non-hydrogen) atoms. The van der Waals surface area contributed by atoms with Crippen molar-refractivity contribution in [3.05, 3.63) is 0 Å². The van der Waals surface area contributed by atoms with Gasteiger partial charge in [0.2, 0.25) is 12.1 Å². The standard InChI is InChI=1S/C9H10F6O2/c10-5(9(13,14)15)7(6(16)17)1-3-8(11,12)4-2-7/h5H,1-4H2,(H,16,17). The number of carbonyl (C=O) groups is 1. The molecular formula is C9H10F6O2. The Morgan fingerprint density at radius 2 is 1.53 bits per heavy atom. The predicted molar refractivity (Wildman–Crippen MR) is 44.4 cm³/mol. The van der Waals surface area contributed by atoms with Crippen LogP contribution in [0.3, 0.4) is 0 Å². The molecule has 0 heterocycles. The molecule has 100 valence electrons. The van der Waals surface area contributed by atoms with Crippen LogP contribution in [0.15, 0.2) is 0 Å². The summed E-state index contributed by atoms with van der Waals surface area (Å²) >= 11 is 0. The molecule has 0 radical (unpaired) electrons. The van der Waals surface area contributed by atoms with Crippen molar-refractivity contribution in [2.75, 3.05) is 0 Å². The lowest BCUT2D eigenvalue weighted by Crippen LogP contribution is -2.51. The van der Waals surface area contributed by atoms with Gasteiger partial charge in [-0.05, 0) is 12.8 Å². The molecule has 0 saturated heterocycles. The first-order valence-corrected chi connectivity index (χ1v) is 4.83. The zero-order valence-corrected chi connectivity index (χ0v) is 8.53. The van der Waals surface area contributed by atoms with Crippen molar-refractivity contribution in [2.24, 2.45) is 5.41 Å². The highest BCUT2D eigenvalue weighted by atomic mass is 19.4. The van der Waals surface area contributed by atoms with Gasteiger partial charge in [-0.25, -0.2) is 13.2 Å². The smallest absolute Gasteiger partial charge is 0.420 e. The van der Waals surface area contributed by atoms with E-state index in [0.29, 0.717) is 0 Å². The Bertz CT molecular complexity index is 301. The summed E-state index contributed by atoms with van der Waals surface area (Å²) in [6, 6.07) is 0.